The third-order valence-electron chi connectivity index (χ3n) is 7.79. The van der Waals surface area contributed by atoms with E-state index in [-0.39, 0.29) is 35.6 Å². The predicted molar refractivity (Wildman–Crippen MR) is 163 cm³/mol. The Bertz CT molecular complexity index is 1630. The molecule has 1 heterocycles. The van der Waals surface area contributed by atoms with Crippen LogP contribution in [0.3, 0.4) is 0 Å². The molecule has 1 aliphatic rings. The number of anilines is 1. The number of ether oxygens (including phenoxy) is 2. The Hall–Kier alpha value is -4.81. The molecule has 5 aromatic rings. The van der Waals surface area contributed by atoms with Gasteiger partial charge in [0.15, 0.2) is 0 Å². The summed E-state index contributed by atoms with van der Waals surface area (Å²) >= 11 is 0. The summed E-state index contributed by atoms with van der Waals surface area (Å²) in [5.41, 5.74) is 3.50. The van der Waals surface area contributed by atoms with Crippen molar-refractivity contribution in [1.29, 1.82) is 0 Å². The monoisotopic (exact) mass is 575 g/mol. The van der Waals surface area contributed by atoms with Gasteiger partial charge in [0, 0.05) is 5.69 Å². The maximum atomic E-state index is 13.7. The van der Waals surface area contributed by atoms with Crippen LogP contribution in [0.15, 0.2) is 133 Å². The Morgan fingerprint density at radius 1 is 0.674 bits per heavy atom. The van der Waals surface area contributed by atoms with Gasteiger partial charge in [-0.2, -0.15) is 0 Å². The third kappa shape index (κ3) is 6.65. The van der Waals surface area contributed by atoms with Crippen molar-refractivity contribution < 1.29 is 23.0 Å². The predicted octanol–water partition coefficient (Wildman–Crippen LogP) is 9.20. The van der Waals surface area contributed by atoms with Gasteiger partial charge in [0.2, 0.25) is 5.91 Å². The molecular weight excluding hydrogens is 544 g/mol. The minimum atomic E-state index is -0.357. The summed E-state index contributed by atoms with van der Waals surface area (Å²) < 4.78 is 39.8. The average Bonchev–Trinajstić information content (AvgIpc) is 3.04. The van der Waals surface area contributed by atoms with Crippen LogP contribution in [0, 0.1) is 17.6 Å². The highest BCUT2D eigenvalue weighted by molar-refractivity contribution is 6.03. The molecular formula is C37H31F2NO3. The van der Waals surface area contributed by atoms with Crippen molar-refractivity contribution in [2.75, 3.05) is 4.90 Å². The second-order valence-electron chi connectivity index (χ2n) is 10.6. The highest BCUT2D eigenvalue weighted by Crippen LogP contribution is 2.47. The van der Waals surface area contributed by atoms with Crippen LogP contribution >= 0.6 is 0 Å². The number of benzene rings is 5. The van der Waals surface area contributed by atoms with Gasteiger partial charge in [-0.1, -0.05) is 72.8 Å². The smallest absolute Gasteiger partial charge is 0.233 e. The summed E-state index contributed by atoms with van der Waals surface area (Å²) in [6.07, 6.45) is 0.800. The number of halogens is 2. The lowest BCUT2D eigenvalue weighted by molar-refractivity contribution is -0.131. The molecule has 1 amide bonds. The first-order valence-electron chi connectivity index (χ1n) is 14.4. The van der Waals surface area contributed by atoms with Gasteiger partial charge in [-0.25, -0.2) is 8.78 Å². The number of carbonyl (C=O) groups is 1. The topological polar surface area (TPSA) is 38.8 Å². The van der Waals surface area contributed by atoms with E-state index in [0.29, 0.717) is 30.9 Å². The molecule has 0 radical (unpaired) electrons. The van der Waals surface area contributed by atoms with Gasteiger partial charge in [-0.3, -0.25) is 4.79 Å². The number of rotatable bonds is 11. The summed E-state index contributed by atoms with van der Waals surface area (Å²) in [5, 5.41) is 0. The SMILES string of the molecule is O=C1C(CCC(OCc2ccccc2)c2ccc(F)cc2)C(c2ccc(Oc3ccccc3)cc2)N1c1ccc(F)cc1. The lowest BCUT2D eigenvalue weighted by atomic mass is 9.78. The summed E-state index contributed by atoms with van der Waals surface area (Å²) in [6, 6.07) is 39.3. The molecule has 0 aromatic heterocycles. The van der Waals surface area contributed by atoms with Gasteiger partial charge in [0.1, 0.15) is 23.1 Å². The van der Waals surface area contributed by atoms with E-state index >= 15 is 0 Å². The summed E-state index contributed by atoms with van der Waals surface area (Å²) in [4.78, 5) is 15.4. The summed E-state index contributed by atoms with van der Waals surface area (Å²) in [7, 11) is 0. The van der Waals surface area contributed by atoms with Crippen molar-refractivity contribution in [1.82, 2.24) is 0 Å². The number of carbonyl (C=O) groups excluding carboxylic acids is 1. The fourth-order valence-electron chi connectivity index (χ4n) is 5.58. The van der Waals surface area contributed by atoms with E-state index < -0.39 is 0 Å². The maximum Gasteiger partial charge on any atom is 0.233 e. The molecule has 0 saturated carbocycles. The van der Waals surface area contributed by atoms with Crippen molar-refractivity contribution in [3.63, 3.8) is 0 Å². The Kier molecular flexibility index (Phi) is 8.57. The van der Waals surface area contributed by atoms with Crippen LogP contribution in [0.1, 0.15) is 41.7 Å². The molecule has 216 valence electrons. The van der Waals surface area contributed by atoms with Crippen LogP contribution in [0.25, 0.3) is 0 Å². The summed E-state index contributed by atoms with van der Waals surface area (Å²) in [6.45, 7) is 0.398. The van der Waals surface area contributed by atoms with Gasteiger partial charge in [-0.05, 0) is 90.2 Å². The first kappa shape index (κ1) is 28.3. The molecule has 4 nitrogen and oxygen atoms in total. The lowest BCUT2D eigenvalue weighted by Gasteiger charge is -2.48. The van der Waals surface area contributed by atoms with Gasteiger partial charge < -0.3 is 14.4 Å². The number of hydrogen-bond acceptors (Lipinski definition) is 3. The van der Waals surface area contributed by atoms with Crippen LogP contribution in [0.4, 0.5) is 14.5 Å². The zero-order valence-corrected chi connectivity index (χ0v) is 23.5. The van der Waals surface area contributed by atoms with Crippen LogP contribution in [-0.2, 0) is 16.1 Å². The maximum absolute atomic E-state index is 13.7. The van der Waals surface area contributed by atoms with E-state index in [2.05, 4.69) is 0 Å². The zero-order valence-electron chi connectivity index (χ0n) is 23.5. The van der Waals surface area contributed by atoms with Crippen LogP contribution < -0.4 is 9.64 Å². The molecule has 3 atom stereocenters. The molecule has 6 rings (SSSR count). The number of hydrogen-bond donors (Lipinski definition) is 0. The van der Waals surface area contributed by atoms with E-state index in [9.17, 15) is 13.6 Å². The fourth-order valence-corrected chi connectivity index (χ4v) is 5.58. The van der Waals surface area contributed by atoms with Gasteiger partial charge in [0.25, 0.3) is 0 Å². The standard InChI is InChI=1S/C37H31F2NO3/c38-29-15-11-27(12-16-29)35(42-25-26-7-3-1-4-8-26)24-23-34-36(40(37(34)41)31-19-17-30(39)18-20-31)28-13-21-33(22-14-28)43-32-9-5-2-6-10-32/h1-22,34-36H,23-25H2. The second-order valence-corrected chi connectivity index (χ2v) is 10.6. The van der Waals surface area contributed by atoms with Crippen LogP contribution in [0.2, 0.25) is 0 Å². The third-order valence-corrected chi connectivity index (χ3v) is 7.79. The number of nitrogens with zero attached hydrogens (tertiary/aromatic N) is 1. The minimum absolute atomic E-state index is 0.0258. The zero-order chi connectivity index (χ0) is 29.6. The minimum Gasteiger partial charge on any atom is -0.457 e. The van der Waals surface area contributed by atoms with Crippen molar-refractivity contribution in [2.24, 2.45) is 5.92 Å². The quantitative estimate of drug-likeness (QED) is 0.147. The van der Waals surface area contributed by atoms with Crippen LogP contribution in [-0.4, -0.2) is 5.91 Å². The molecule has 1 aliphatic heterocycles. The van der Waals surface area contributed by atoms with E-state index in [0.717, 1.165) is 22.4 Å². The van der Waals surface area contributed by atoms with Crippen molar-refractivity contribution in [3.05, 3.63) is 162 Å². The second kappa shape index (κ2) is 13.0. The molecule has 3 unspecified atom stereocenters. The summed E-state index contributed by atoms with van der Waals surface area (Å²) in [5.74, 6) is 0.425. The lowest BCUT2D eigenvalue weighted by Crippen LogP contribution is -2.55. The van der Waals surface area contributed by atoms with Crippen molar-refractivity contribution >= 4 is 11.6 Å². The van der Waals surface area contributed by atoms with Gasteiger partial charge in [0.05, 0.1) is 24.7 Å². The Morgan fingerprint density at radius 2 is 1.26 bits per heavy atom. The van der Waals surface area contributed by atoms with Gasteiger partial charge in [-0.15, -0.1) is 0 Å². The molecule has 5 aromatic carbocycles. The average molecular weight is 576 g/mol. The van der Waals surface area contributed by atoms with Crippen molar-refractivity contribution in [2.45, 2.75) is 31.6 Å². The molecule has 43 heavy (non-hydrogen) atoms. The Balaban J connectivity index is 1.23. The first-order valence-corrected chi connectivity index (χ1v) is 14.4. The van der Waals surface area contributed by atoms with Crippen LogP contribution in [0.5, 0.6) is 11.5 Å². The number of β-lactam (4-membered cyclic amide) rings is 1. The molecule has 0 N–H and O–H groups in total. The highest BCUT2D eigenvalue weighted by Gasteiger charge is 2.48. The van der Waals surface area contributed by atoms with E-state index in [4.69, 9.17) is 9.47 Å². The molecule has 1 saturated heterocycles. The fraction of sp³-hybridized carbons (Fsp3) is 0.162. The molecule has 0 aliphatic carbocycles. The molecule has 1 fully saturated rings. The molecule has 0 spiro atoms. The first-order chi connectivity index (χ1) is 21.0. The Labute approximate surface area is 250 Å². The normalized spacial score (nSPS) is 16.9. The van der Waals surface area contributed by atoms with E-state index in [1.165, 1.54) is 24.3 Å². The number of amides is 1. The molecule has 6 heteroatoms. The van der Waals surface area contributed by atoms with E-state index in [1.54, 1.807) is 29.2 Å². The highest BCUT2D eigenvalue weighted by atomic mass is 19.1. The molecule has 0 bridgehead atoms. The Morgan fingerprint density at radius 3 is 1.91 bits per heavy atom. The largest absolute Gasteiger partial charge is 0.457 e. The number of para-hydroxylation sites is 1. The van der Waals surface area contributed by atoms with Crippen molar-refractivity contribution in [3.8, 4) is 11.5 Å². The van der Waals surface area contributed by atoms with E-state index in [1.807, 2.05) is 84.9 Å². The van der Waals surface area contributed by atoms with Gasteiger partial charge >= 0.3 is 0 Å².